The first-order valence-corrected chi connectivity index (χ1v) is 4.92. The molecule has 0 amide bonds. The second-order valence-electron chi connectivity index (χ2n) is 3.88. The third-order valence-electron chi connectivity index (χ3n) is 2.01. The lowest BCUT2D eigenvalue weighted by Gasteiger charge is -2.02. The van der Waals surface area contributed by atoms with Crippen LogP contribution in [0, 0.1) is 12.8 Å². The lowest BCUT2D eigenvalue weighted by molar-refractivity contribution is 0.476. The Kier molecular flexibility index (Phi) is 3.69. The molecule has 1 rings (SSSR count). The Morgan fingerprint density at radius 1 is 1.43 bits per heavy atom. The predicted octanol–water partition coefficient (Wildman–Crippen LogP) is 3.45. The van der Waals surface area contributed by atoms with Crippen LogP contribution in [-0.2, 0) is 0 Å². The van der Waals surface area contributed by atoms with E-state index >= 15 is 0 Å². The van der Waals surface area contributed by atoms with E-state index in [-0.39, 0.29) is 5.75 Å². The Bertz CT molecular complexity index is 309. The molecule has 0 atom stereocenters. The van der Waals surface area contributed by atoms with E-state index in [9.17, 15) is 5.11 Å². The summed E-state index contributed by atoms with van der Waals surface area (Å²) in [6.45, 7) is 6.23. The van der Waals surface area contributed by atoms with Crippen molar-refractivity contribution in [2.75, 3.05) is 0 Å². The van der Waals surface area contributed by atoms with E-state index in [4.69, 9.17) is 0 Å². The third kappa shape index (κ3) is 2.87. The maximum atomic E-state index is 9.54. The van der Waals surface area contributed by atoms with Crippen molar-refractivity contribution in [3.63, 3.8) is 0 Å². The van der Waals surface area contributed by atoms with Crippen molar-refractivity contribution in [1.29, 1.82) is 0 Å². The normalized spacial score (nSPS) is 11.4. The molecular weight excluding hydrogens is 174 g/mol. The van der Waals surface area contributed by atoms with Crippen LogP contribution in [0.2, 0.25) is 0 Å². The van der Waals surface area contributed by atoms with E-state index in [2.05, 4.69) is 18.8 Å². The Morgan fingerprint density at radius 2 is 2.14 bits per heavy atom. The summed E-state index contributed by atoms with van der Waals surface area (Å²) in [6, 6.07) is 5.43. The Morgan fingerprint density at radius 3 is 2.71 bits per heavy atom. The molecule has 0 heterocycles. The summed E-state index contributed by atoms with van der Waals surface area (Å²) in [6.07, 6.45) is 2.81. The molecule has 0 aromatic heterocycles. The summed E-state index contributed by atoms with van der Waals surface area (Å²) >= 11 is 0. The summed E-state index contributed by atoms with van der Waals surface area (Å²) in [5, 5.41) is 9.54. The van der Waals surface area contributed by atoms with Gasteiger partial charge in [-0.05, 0) is 30.9 Å². The molecule has 0 unspecified atom stereocenters. The van der Waals surface area contributed by atoms with E-state index in [0.29, 0.717) is 11.6 Å². The second-order valence-corrected chi connectivity index (χ2v) is 3.88. The van der Waals surface area contributed by atoms with Crippen LogP contribution in [0.15, 0.2) is 23.2 Å². The monoisotopic (exact) mass is 191 g/mol. The van der Waals surface area contributed by atoms with Gasteiger partial charge in [-0.1, -0.05) is 26.0 Å². The number of phenols is 1. The highest BCUT2D eigenvalue weighted by Gasteiger charge is 2.00. The fourth-order valence-corrected chi connectivity index (χ4v) is 1.17. The van der Waals surface area contributed by atoms with Crippen LogP contribution in [-0.4, -0.2) is 11.3 Å². The molecule has 0 spiro atoms. The predicted molar refractivity (Wildman–Crippen MR) is 60.5 cm³/mol. The zero-order valence-electron chi connectivity index (χ0n) is 8.99. The van der Waals surface area contributed by atoms with Gasteiger partial charge in [-0.25, -0.2) is 0 Å². The van der Waals surface area contributed by atoms with Gasteiger partial charge in [0.25, 0.3) is 0 Å². The SMILES string of the molecule is Cc1cccc(O)c1N=CCC(C)C. The highest BCUT2D eigenvalue weighted by Crippen LogP contribution is 2.29. The van der Waals surface area contributed by atoms with Gasteiger partial charge < -0.3 is 5.11 Å². The lowest BCUT2D eigenvalue weighted by Crippen LogP contribution is -1.86. The summed E-state index contributed by atoms with van der Waals surface area (Å²) < 4.78 is 0. The smallest absolute Gasteiger partial charge is 0.141 e. The minimum absolute atomic E-state index is 0.255. The number of rotatable bonds is 3. The summed E-state index contributed by atoms with van der Waals surface area (Å²) in [7, 11) is 0. The van der Waals surface area contributed by atoms with Gasteiger partial charge in [-0.15, -0.1) is 0 Å². The van der Waals surface area contributed by atoms with Crippen LogP contribution >= 0.6 is 0 Å². The molecule has 1 aromatic rings. The topological polar surface area (TPSA) is 32.6 Å². The fraction of sp³-hybridized carbons (Fsp3) is 0.417. The maximum absolute atomic E-state index is 9.54. The van der Waals surface area contributed by atoms with Crippen molar-refractivity contribution in [3.8, 4) is 5.75 Å². The molecule has 2 nitrogen and oxygen atoms in total. The molecule has 76 valence electrons. The molecule has 0 bridgehead atoms. The molecule has 0 saturated carbocycles. The fourth-order valence-electron chi connectivity index (χ4n) is 1.17. The number of para-hydroxylation sites is 1. The van der Waals surface area contributed by atoms with Gasteiger partial charge in [0.1, 0.15) is 11.4 Å². The first-order chi connectivity index (χ1) is 6.61. The molecule has 1 N–H and O–H groups in total. The maximum Gasteiger partial charge on any atom is 0.141 e. The molecule has 0 saturated heterocycles. The molecule has 0 aliphatic carbocycles. The summed E-state index contributed by atoms with van der Waals surface area (Å²) in [5.41, 5.74) is 1.69. The van der Waals surface area contributed by atoms with Gasteiger partial charge in [0, 0.05) is 6.21 Å². The minimum Gasteiger partial charge on any atom is -0.506 e. The van der Waals surface area contributed by atoms with Crippen molar-refractivity contribution in [2.24, 2.45) is 10.9 Å². The van der Waals surface area contributed by atoms with Crippen LogP contribution in [0.3, 0.4) is 0 Å². The zero-order chi connectivity index (χ0) is 10.6. The highest BCUT2D eigenvalue weighted by atomic mass is 16.3. The van der Waals surface area contributed by atoms with Crippen LogP contribution in [0.25, 0.3) is 0 Å². The van der Waals surface area contributed by atoms with E-state index in [1.54, 1.807) is 6.07 Å². The number of phenolic OH excluding ortho intramolecular Hbond substituents is 1. The number of aromatic hydroxyl groups is 1. The first-order valence-electron chi connectivity index (χ1n) is 4.92. The number of hydrogen-bond donors (Lipinski definition) is 1. The highest BCUT2D eigenvalue weighted by molar-refractivity contribution is 5.68. The number of aliphatic imine (C=N–C) groups is 1. The van der Waals surface area contributed by atoms with Crippen LogP contribution in [0.1, 0.15) is 25.8 Å². The number of benzene rings is 1. The van der Waals surface area contributed by atoms with Gasteiger partial charge >= 0.3 is 0 Å². The van der Waals surface area contributed by atoms with Crippen molar-refractivity contribution < 1.29 is 5.11 Å². The average Bonchev–Trinajstić information content (AvgIpc) is 2.09. The van der Waals surface area contributed by atoms with E-state index in [1.165, 1.54) is 0 Å². The molecule has 2 heteroatoms. The quantitative estimate of drug-likeness (QED) is 0.729. The van der Waals surface area contributed by atoms with Gasteiger partial charge in [0.2, 0.25) is 0 Å². The minimum atomic E-state index is 0.255. The van der Waals surface area contributed by atoms with Crippen LogP contribution in [0.5, 0.6) is 5.75 Å². The van der Waals surface area contributed by atoms with Gasteiger partial charge in [-0.2, -0.15) is 0 Å². The van der Waals surface area contributed by atoms with E-state index in [0.717, 1.165) is 12.0 Å². The van der Waals surface area contributed by atoms with Crippen LogP contribution in [0.4, 0.5) is 5.69 Å². The molecule has 0 aliphatic heterocycles. The Hall–Kier alpha value is -1.31. The average molecular weight is 191 g/mol. The largest absolute Gasteiger partial charge is 0.506 e. The molecule has 0 fully saturated rings. The molecule has 14 heavy (non-hydrogen) atoms. The standard InChI is InChI=1S/C12H17NO/c1-9(2)7-8-13-12-10(3)5-4-6-11(12)14/h4-6,8-9,14H,7H2,1-3H3. The number of aryl methyl sites for hydroxylation is 1. The lowest BCUT2D eigenvalue weighted by atomic mass is 10.1. The molecule has 0 radical (unpaired) electrons. The van der Waals surface area contributed by atoms with E-state index in [1.807, 2.05) is 25.3 Å². The zero-order valence-corrected chi connectivity index (χ0v) is 8.99. The Labute approximate surface area is 85.3 Å². The van der Waals surface area contributed by atoms with Gasteiger partial charge in [-0.3, -0.25) is 4.99 Å². The summed E-state index contributed by atoms with van der Waals surface area (Å²) in [5.74, 6) is 0.856. The Balaban J connectivity index is 2.80. The third-order valence-corrected chi connectivity index (χ3v) is 2.01. The van der Waals surface area contributed by atoms with Crippen molar-refractivity contribution in [1.82, 2.24) is 0 Å². The number of nitrogens with zero attached hydrogens (tertiary/aromatic N) is 1. The molecule has 0 aliphatic rings. The van der Waals surface area contributed by atoms with E-state index < -0.39 is 0 Å². The molecular formula is C12H17NO. The van der Waals surface area contributed by atoms with Crippen LogP contribution < -0.4 is 0 Å². The van der Waals surface area contributed by atoms with Crippen molar-refractivity contribution in [2.45, 2.75) is 27.2 Å². The first kappa shape index (κ1) is 10.8. The van der Waals surface area contributed by atoms with Crippen molar-refractivity contribution in [3.05, 3.63) is 23.8 Å². The second kappa shape index (κ2) is 4.80. The molecule has 1 aromatic carbocycles. The van der Waals surface area contributed by atoms with Gasteiger partial charge in [0.15, 0.2) is 0 Å². The van der Waals surface area contributed by atoms with Crippen molar-refractivity contribution >= 4 is 11.9 Å². The summed E-state index contributed by atoms with van der Waals surface area (Å²) in [4.78, 5) is 4.27. The van der Waals surface area contributed by atoms with Gasteiger partial charge in [0.05, 0.1) is 0 Å². The number of hydrogen-bond acceptors (Lipinski definition) is 2.